The third-order valence-corrected chi connectivity index (χ3v) is 3.45. The van der Waals surface area contributed by atoms with Crippen LogP contribution in [0.3, 0.4) is 0 Å². The Labute approximate surface area is 111 Å². The Bertz CT molecular complexity index is 450. The molecule has 0 radical (unpaired) electrons. The maximum Gasteiger partial charge on any atom is 0.173 e. The number of methoxy groups -OCH3 is 1. The number of rotatable bonds is 4. The topological polar surface area (TPSA) is 47.6 Å². The van der Waals surface area contributed by atoms with Crippen LogP contribution in [0.25, 0.3) is 0 Å². The number of carbonyl (C=O) groups excluding carboxylic acids is 1. The average Bonchev–Trinajstić information content (AvgIpc) is 2.86. The molecule has 1 saturated heterocycles. The zero-order chi connectivity index (χ0) is 13.1. The molecule has 0 aliphatic carbocycles. The summed E-state index contributed by atoms with van der Waals surface area (Å²) in [6.07, 6.45) is 0. The van der Waals surface area contributed by atoms with Gasteiger partial charge in [-0.15, -0.1) is 0 Å². The Balaban J connectivity index is 2.30. The van der Waals surface area contributed by atoms with E-state index in [2.05, 4.69) is 5.32 Å². The number of Topliss-reactive ketones (excluding diaryl/α,β-unsaturated/α-hetero) is 1. The fraction of sp³-hybridized carbons (Fsp3) is 0.462. The van der Waals surface area contributed by atoms with Crippen molar-refractivity contribution in [1.82, 2.24) is 5.32 Å². The molecule has 4 nitrogen and oxygen atoms in total. The van der Waals surface area contributed by atoms with E-state index in [0.29, 0.717) is 29.5 Å². The molecule has 98 valence electrons. The molecule has 0 bridgehead atoms. The lowest BCUT2D eigenvalue weighted by Gasteiger charge is -2.17. The van der Waals surface area contributed by atoms with Gasteiger partial charge >= 0.3 is 0 Å². The van der Waals surface area contributed by atoms with E-state index in [4.69, 9.17) is 21.1 Å². The second-order valence-electron chi connectivity index (χ2n) is 4.25. The summed E-state index contributed by atoms with van der Waals surface area (Å²) in [5.41, 5.74) is 0.515. The molecule has 1 aromatic carbocycles. The second-order valence-corrected chi connectivity index (χ2v) is 4.68. The molecule has 5 heteroatoms. The van der Waals surface area contributed by atoms with Gasteiger partial charge in [0.25, 0.3) is 0 Å². The Morgan fingerprint density at radius 1 is 1.50 bits per heavy atom. The van der Waals surface area contributed by atoms with E-state index in [1.54, 1.807) is 25.3 Å². The summed E-state index contributed by atoms with van der Waals surface area (Å²) in [4.78, 5) is 12.5. The number of nitrogens with one attached hydrogen (secondary N) is 1. The van der Waals surface area contributed by atoms with E-state index in [9.17, 15) is 4.79 Å². The van der Waals surface area contributed by atoms with Crippen LogP contribution in [0.1, 0.15) is 10.4 Å². The summed E-state index contributed by atoms with van der Waals surface area (Å²) >= 11 is 5.94. The van der Waals surface area contributed by atoms with Crippen molar-refractivity contribution in [3.8, 4) is 5.75 Å². The van der Waals surface area contributed by atoms with Crippen molar-refractivity contribution < 1.29 is 14.3 Å². The summed E-state index contributed by atoms with van der Waals surface area (Å²) in [6.45, 7) is 0.982. The predicted molar refractivity (Wildman–Crippen MR) is 69.5 cm³/mol. The first-order chi connectivity index (χ1) is 8.67. The molecule has 0 amide bonds. The van der Waals surface area contributed by atoms with Crippen LogP contribution in [0.15, 0.2) is 18.2 Å². The Kier molecular flexibility index (Phi) is 4.22. The van der Waals surface area contributed by atoms with Crippen LogP contribution in [0.5, 0.6) is 5.75 Å². The first kappa shape index (κ1) is 13.3. The van der Waals surface area contributed by atoms with Crippen LogP contribution in [-0.2, 0) is 4.74 Å². The van der Waals surface area contributed by atoms with Crippen molar-refractivity contribution in [3.63, 3.8) is 0 Å². The molecule has 1 fully saturated rings. The fourth-order valence-corrected chi connectivity index (χ4v) is 2.34. The molecular formula is C13H16ClNO3. The van der Waals surface area contributed by atoms with Gasteiger partial charge in [0, 0.05) is 11.1 Å². The first-order valence-corrected chi connectivity index (χ1v) is 6.18. The number of likely N-dealkylation sites (N-methyl/N-ethyl adjacent to an activating group) is 1. The predicted octanol–water partition coefficient (Wildman–Crippen LogP) is 1.77. The molecule has 2 unspecified atom stereocenters. The molecule has 0 spiro atoms. The minimum absolute atomic E-state index is 0.00574. The van der Waals surface area contributed by atoms with Gasteiger partial charge in [0.05, 0.1) is 31.8 Å². The quantitative estimate of drug-likeness (QED) is 0.847. The highest BCUT2D eigenvalue weighted by Gasteiger charge is 2.34. The maximum absolute atomic E-state index is 12.5. The number of ether oxygens (including phenoxy) is 2. The van der Waals surface area contributed by atoms with Crippen LogP contribution in [0, 0.1) is 5.92 Å². The monoisotopic (exact) mass is 269 g/mol. The van der Waals surface area contributed by atoms with Crippen molar-refractivity contribution in [1.29, 1.82) is 0 Å². The van der Waals surface area contributed by atoms with Gasteiger partial charge in [-0.2, -0.15) is 0 Å². The van der Waals surface area contributed by atoms with Gasteiger partial charge in [-0.3, -0.25) is 4.79 Å². The highest BCUT2D eigenvalue weighted by atomic mass is 35.5. The zero-order valence-electron chi connectivity index (χ0n) is 10.4. The first-order valence-electron chi connectivity index (χ1n) is 5.80. The van der Waals surface area contributed by atoms with Gasteiger partial charge in [-0.1, -0.05) is 11.6 Å². The molecule has 0 saturated carbocycles. The van der Waals surface area contributed by atoms with Gasteiger partial charge in [-0.25, -0.2) is 0 Å². The van der Waals surface area contributed by atoms with Gasteiger partial charge < -0.3 is 14.8 Å². The lowest BCUT2D eigenvalue weighted by molar-refractivity contribution is 0.0889. The summed E-state index contributed by atoms with van der Waals surface area (Å²) in [7, 11) is 3.37. The van der Waals surface area contributed by atoms with E-state index in [-0.39, 0.29) is 17.7 Å². The fourth-order valence-electron chi connectivity index (χ4n) is 2.17. The molecule has 1 aliphatic rings. The van der Waals surface area contributed by atoms with Crippen LogP contribution in [0.4, 0.5) is 0 Å². The molecule has 0 aromatic heterocycles. The Hall–Kier alpha value is -1.10. The Morgan fingerprint density at radius 2 is 2.28 bits per heavy atom. The van der Waals surface area contributed by atoms with E-state index in [1.807, 2.05) is 7.05 Å². The average molecular weight is 270 g/mol. The molecule has 1 heterocycles. The van der Waals surface area contributed by atoms with Crippen molar-refractivity contribution in [2.45, 2.75) is 6.04 Å². The summed E-state index contributed by atoms with van der Waals surface area (Å²) in [5.74, 6) is 0.361. The van der Waals surface area contributed by atoms with Gasteiger partial charge in [-0.05, 0) is 25.2 Å². The van der Waals surface area contributed by atoms with Crippen molar-refractivity contribution in [2.24, 2.45) is 5.92 Å². The smallest absolute Gasteiger partial charge is 0.173 e. The number of benzene rings is 1. The van der Waals surface area contributed by atoms with Gasteiger partial charge in [0.15, 0.2) is 5.78 Å². The van der Waals surface area contributed by atoms with E-state index < -0.39 is 0 Å². The van der Waals surface area contributed by atoms with Crippen molar-refractivity contribution in [3.05, 3.63) is 28.8 Å². The molecule has 18 heavy (non-hydrogen) atoms. The molecule has 2 atom stereocenters. The number of ketones is 1. The van der Waals surface area contributed by atoms with E-state index in [1.165, 1.54) is 0 Å². The third kappa shape index (κ3) is 2.51. The number of carbonyl (C=O) groups is 1. The number of hydrogen-bond donors (Lipinski definition) is 1. The normalized spacial score (nSPS) is 23.1. The summed E-state index contributed by atoms with van der Waals surface area (Å²) in [5, 5.41) is 3.62. The zero-order valence-corrected chi connectivity index (χ0v) is 11.2. The maximum atomic E-state index is 12.5. The van der Waals surface area contributed by atoms with Crippen LogP contribution in [-0.4, -0.2) is 39.2 Å². The summed E-state index contributed by atoms with van der Waals surface area (Å²) in [6, 6.07) is 5.10. The van der Waals surface area contributed by atoms with Crippen LogP contribution >= 0.6 is 11.6 Å². The molecule has 1 aliphatic heterocycles. The lowest BCUT2D eigenvalue weighted by Crippen LogP contribution is -2.37. The highest BCUT2D eigenvalue weighted by Crippen LogP contribution is 2.28. The minimum atomic E-state index is -0.192. The highest BCUT2D eigenvalue weighted by molar-refractivity contribution is 6.31. The number of hydrogen-bond acceptors (Lipinski definition) is 4. The molecule has 1 aromatic rings. The molecule has 2 rings (SSSR count). The van der Waals surface area contributed by atoms with Crippen molar-refractivity contribution >= 4 is 17.4 Å². The lowest BCUT2D eigenvalue weighted by atomic mass is 9.93. The number of halogens is 1. The molecular weight excluding hydrogens is 254 g/mol. The SMILES string of the molecule is CNC1COCC1C(=O)c1cc(Cl)ccc1OC. The minimum Gasteiger partial charge on any atom is -0.496 e. The summed E-state index contributed by atoms with van der Waals surface area (Å²) < 4.78 is 10.6. The van der Waals surface area contributed by atoms with Gasteiger partial charge in [0.2, 0.25) is 0 Å². The van der Waals surface area contributed by atoms with Gasteiger partial charge in [0.1, 0.15) is 5.75 Å². The van der Waals surface area contributed by atoms with E-state index >= 15 is 0 Å². The third-order valence-electron chi connectivity index (χ3n) is 3.22. The van der Waals surface area contributed by atoms with Crippen molar-refractivity contribution in [2.75, 3.05) is 27.4 Å². The van der Waals surface area contributed by atoms with Crippen LogP contribution < -0.4 is 10.1 Å². The second kappa shape index (κ2) is 5.69. The Morgan fingerprint density at radius 3 is 2.94 bits per heavy atom. The largest absolute Gasteiger partial charge is 0.496 e. The standard InChI is InChI=1S/C13H16ClNO3/c1-15-11-7-18-6-10(11)13(16)9-5-8(14)3-4-12(9)17-2/h3-5,10-11,15H,6-7H2,1-2H3. The van der Waals surface area contributed by atoms with Crippen LogP contribution in [0.2, 0.25) is 5.02 Å². The van der Waals surface area contributed by atoms with E-state index in [0.717, 1.165) is 0 Å². The molecule has 1 N–H and O–H groups in total.